The third-order valence-electron chi connectivity index (χ3n) is 4.46. The van der Waals surface area contributed by atoms with Crippen LogP contribution in [-0.4, -0.2) is 15.5 Å². The number of nitrogens with one attached hydrogen (secondary N) is 1. The van der Waals surface area contributed by atoms with Gasteiger partial charge in [-0.25, -0.2) is 9.37 Å². The maximum absolute atomic E-state index is 14.3. The van der Waals surface area contributed by atoms with Crippen molar-refractivity contribution < 1.29 is 9.18 Å². The molecule has 0 saturated heterocycles. The van der Waals surface area contributed by atoms with Crippen molar-refractivity contribution in [3.8, 4) is 0 Å². The molecule has 1 amide bonds. The first-order chi connectivity index (χ1) is 12.7. The Labute approximate surface area is 152 Å². The predicted molar refractivity (Wildman–Crippen MR) is 99.0 cm³/mol. The van der Waals surface area contributed by atoms with Crippen LogP contribution in [0.5, 0.6) is 0 Å². The molecule has 5 heteroatoms. The van der Waals surface area contributed by atoms with Gasteiger partial charge in [-0.3, -0.25) is 4.79 Å². The number of benzene rings is 2. The molecule has 0 saturated carbocycles. The van der Waals surface area contributed by atoms with E-state index in [0.717, 1.165) is 17.9 Å². The first-order valence-corrected chi connectivity index (χ1v) is 8.75. The number of rotatable bonds is 7. The van der Waals surface area contributed by atoms with Crippen LogP contribution in [-0.2, 0) is 17.9 Å². The van der Waals surface area contributed by atoms with E-state index in [0.29, 0.717) is 12.1 Å². The molecule has 134 valence electrons. The first kappa shape index (κ1) is 17.9. The molecule has 0 aliphatic heterocycles. The van der Waals surface area contributed by atoms with Gasteiger partial charge in [-0.15, -0.1) is 0 Å². The van der Waals surface area contributed by atoms with Gasteiger partial charge in [0.15, 0.2) is 0 Å². The van der Waals surface area contributed by atoms with Gasteiger partial charge in [0.1, 0.15) is 11.6 Å². The molecule has 0 aliphatic carbocycles. The van der Waals surface area contributed by atoms with Crippen molar-refractivity contribution in [1.29, 1.82) is 0 Å². The van der Waals surface area contributed by atoms with Crippen molar-refractivity contribution in [2.75, 3.05) is 0 Å². The van der Waals surface area contributed by atoms with Gasteiger partial charge >= 0.3 is 0 Å². The van der Waals surface area contributed by atoms with Crippen molar-refractivity contribution >= 4 is 5.91 Å². The highest BCUT2D eigenvalue weighted by Crippen LogP contribution is 2.29. The largest absolute Gasteiger partial charge is 0.349 e. The van der Waals surface area contributed by atoms with Crippen molar-refractivity contribution in [3.63, 3.8) is 0 Å². The lowest BCUT2D eigenvalue weighted by molar-refractivity contribution is -0.121. The van der Waals surface area contributed by atoms with Gasteiger partial charge in [0.25, 0.3) is 0 Å². The topological polar surface area (TPSA) is 46.9 Å². The Bertz CT molecular complexity index is 860. The van der Waals surface area contributed by atoms with Crippen molar-refractivity contribution in [2.45, 2.75) is 32.4 Å². The molecule has 3 aromatic rings. The summed E-state index contributed by atoms with van der Waals surface area (Å²) in [4.78, 5) is 16.8. The van der Waals surface area contributed by atoms with E-state index in [-0.39, 0.29) is 24.1 Å². The van der Waals surface area contributed by atoms with E-state index < -0.39 is 0 Å². The second kappa shape index (κ2) is 8.43. The van der Waals surface area contributed by atoms with Crippen LogP contribution < -0.4 is 5.32 Å². The number of hydrogen-bond acceptors (Lipinski definition) is 2. The predicted octanol–water partition coefficient (Wildman–Crippen LogP) is 3.88. The van der Waals surface area contributed by atoms with Crippen molar-refractivity contribution in [2.24, 2.45) is 0 Å². The van der Waals surface area contributed by atoms with Gasteiger partial charge < -0.3 is 9.88 Å². The average Bonchev–Trinajstić information content (AvgIpc) is 3.13. The van der Waals surface area contributed by atoms with E-state index in [2.05, 4.69) is 10.3 Å². The van der Waals surface area contributed by atoms with Crippen molar-refractivity contribution in [3.05, 3.63) is 89.8 Å². The number of aromatic nitrogens is 2. The Morgan fingerprint density at radius 1 is 1.15 bits per heavy atom. The summed E-state index contributed by atoms with van der Waals surface area (Å²) in [5.41, 5.74) is 1.45. The Kier molecular flexibility index (Phi) is 5.79. The minimum atomic E-state index is -0.330. The Balaban J connectivity index is 1.76. The molecule has 3 rings (SSSR count). The zero-order valence-electron chi connectivity index (χ0n) is 14.7. The molecule has 1 aromatic heterocycles. The van der Waals surface area contributed by atoms with Gasteiger partial charge in [-0.1, -0.05) is 48.5 Å². The molecular formula is C21H22FN3O. The van der Waals surface area contributed by atoms with Crippen molar-refractivity contribution in [1.82, 2.24) is 14.9 Å². The highest BCUT2D eigenvalue weighted by Gasteiger charge is 2.21. The number of nitrogens with zero attached hydrogens (tertiary/aromatic N) is 2. The van der Waals surface area contributed by atoms with E-state index in [9.17, 15) is 9.18 Å². The third-order valence-corrected chi connectivity index (χ3v) is 4.46. The molecule has 26 heavy (non-hydrogen) atoms. The van der Waals surface area contributed by atoms with Gasteiger partial charge in [0.05, 0.1) is 6.54 Å². The van der Waals surface area contributed by atoms with E-state index >= 15 is 0 Å². The standard InChI is InChI=1S/C21H22FN3O/c1-2-25-13-12-23-20(25)15-24-21(26)14-18(16-8-4-3-5-9-16)17-10-6-7-11-19(17)22/h3-13,18H,2,14-15H2,1H3,(H,24,26). The molecule has 1 unspecified atom stereocenters. The van der Waals surface area contributed by atoms with E-state index in [1.807, 2.05) is 48.0 Å². The number of carbonyl (C=O) groups is 1. The second-order valence-corrected chi connectivity index (χ2v) is 6.10. The van der Waals surface area contributed by atoms with E-state index in [1.54, 1.807) is 24.4 Å². The van der Waals surface area contributed by atoms with Gasteiger partial charge in [0, 0.05) is 31.3 Å². The molecule has 1 N–H and O–H groups in total. The smallest absolute Gasteiger partial charge is 0.221 e. The Morgan fingerprint density at radius 2 is 1.88 bits per heavy atom. The van der Waals surface area contributed by atoms with Crippen LogP contribution in [0.15, 0.2) is 67.0 Å². The zero-order chi connectivity index (χ0) is 18.4. The fraction of sp³-hybridized carbons (Fsp3) is 0.238. The number of amides is 1. The monoisotopic (exact) mass is 351 g/mol. The molecule has 0 spiro atoms. The molecule has 4 nitrogen and oxygen atoms in total. The molecular weight excluding hydrogens is 329 g/mol. The lowest BCUT2D eigenvalue weighted by atomic mass is 9.88. The minimum absolute atomic E-state index is 0.132. The lowest BCUT2D eigenvalue weighted by Crippen LogP contribution is -2.26. The van der Waals surface area contributed by atoms with Gasteiger partial charge in [0.2, 0.25) is 5.91 Å². The summed E-state index contributed by atoms with van der Waals surface area (Å²) in [6.07, 6.45) is 3.78. The van der Waals surface area contributed by atoms with Crippen LogP contribution in [0.2, 0.25) is 0 Å². The van der Waals surface area contributed by atoms with Crippen LogP contribution in [0, 0.1) is 5.82 Å². The summed E-state index contributed by atoms with van der Waals surface area (Å²) in [6.45, 7) is 3.18. The molecule has 2 aromatic carbocycles. The van der Waals surface area contributed by atoms with Crippen LogP contribution in [0.4, 0.5) is 4.39 Å². The molecule has 0 bridgehead atoms. The van der Waals surface area contributed by atoms with Gasteiger partial charge in [-0.05, 0) is 24.1 Å². The summed E-state index contributed by atoms with van der Waals surface area (Å²) >= 11 is 0. The van der Waals surface area contributed by atoms with E-state index in [4.69, 9.17) is 0 Å². The van der Waals surface area contributed by atoms with Crippen LogP contribution in [0.25, 0.3) is 0 Å². The Hall–Kier alpha value is -2.95. The van der Waals surface area contributed by atoms with Gasteiger partial charge in [-0.2, -0.15) is 0 Å². The fourth-order valence-electron chi connectivity index (χ4n) is 3.08. The number of halogens is 1. The Morgan fingerprint density at radius 3 is 2.62 bits per heavy atom. The lowest BCUT2D eigenvalue weighted by Gasteiger charge is -2.18. The molecule has 1 heterocycles. The number of hydrogen-bond donors (Lipinski definition) is 1. The van der Waals surface area contributed by atoms with E-state index in [1.165, 1.54) is 6.07 Å². The molecule has 0 radical (unpaired) electrons. The van der Waals surface area contributed by atoms with Crippen LogP contribution >= 0.6 is 0 Å². The summed E-state index contributed by atoms with van der Waals surface area (Å²) in [7, 11) is 0. The first-order valence-electron chi connectivity index (χ1n) is 8.75. The highest BCUT2D eigenvalue weighted by molar-refractivity contribution is 5.77. The zero-order valence-corrected chi connectivity index (χ0v) is 14.7. The second-order valence-electron chi connectivity index (χ2n) is 6.10. The molecule has 0 fully saturated rings. The fourth-order valence-corrected chi connectivity index (χ4v) is 3.08. The minimum Gasteiger partial charge on any atom is -0.349 e. The summed E-state index contributed by atoms with van der Waals surface area (Å²) in [6, 6.07) is 16.2. The summed E-state index contributed by atoms with van der Waals surface area (Å²) < 4.78 is 16.3. The average molecular weight is 351 g/mol. The number of aryl methyl sites for hydroxylation is 1. The third kappa shape index (κ3) is 4.17. The SMILES string of the molecule is CCn1ccnc1CNC(=O)CC(c1ccccc1)c1ccccc1F. The number of imidazole rings is 1. The highest BCUT2D eigenvalue weighted by atomic mass is 19.1. The quantitative estimate of drug-likeness (QED) is 0.702. The summed E-state index contributed by atoms with van der Waals surface area (Å²) in [5, 5.41) is 2.90. The van der Waals surface area contributed by atoms with Crippen LogP contribution in [0.1, 0.15) is 36.2 Å². The summed E-state index contributed by atoms with van der Waals surface area (Å²) in [5.74, 6) is 0.0507. The maximum atomic E-state index is 14.3. The number of carbonyl (C=O) groups excluding carboxylic acids is 1. The maximum Gasteiger partial charge on any atom is 0.221 e. The molecule has 0 aliphatic rings. The normalized spacial score (nSPS) is 11.9. The molecule has 1 atom stereocenters. The van der Waals surface area contributed by atoms with Crippen LogP contribution in [0.3, 0.4) is 0 Å².